The van der Waals surface area contributed by atoms with E-state index in [-0.39, 0.29) is 35.9 Å². The topological polar surface area (TPSA) is 125 Å². The molecule has 1 aromatic rings. The van der Waals surface area contributed by atoms with Gasteiger partial charge in [0.05, 0.1) is 65.2 Å². The zero-order valence-electron chi connectivity index (χ0n) is 22.9. The zero-order valence-corrected chi connectivity index (χ0v) is 24.5. The van der Waals surface area contributed by atoms with Gasteiger partial charge in [0.2, 0.25) is 5.91 Å². The number of thiazole rings is 1. The number of aliphatic hydroxyl groups is 2. The molecular formula is C28H41ClN2O6S. The number of hydrogen-bond acceptors (Lipinski definition) is 8. The summed E-state index contributed by atoms with van der Waals surface area (Å²) in [5.41, 5.74) is -0.846. The summed E-state index contributed by atoms with van der Waals surface area (Å²) in [6.07, 6.45) is 2.54. The summed E-state index contributed by atoms with van der Waals surface area (Å²) in [6, 6.07) is -0.516. The number of hydrogen-bond donors (Lipinski definition) is 3. The summed E-state index contributed by atoms with van der Waals surface area (Å²) in [6.45, 7) is 9.81. The highest BCUT2D eigenvalue weighted by atomic mass is 35.5. The quantitative estimate of drug-likeness (QED) is 0.469. The molecule has 1 aromatic heterocycles. The summed E-state index contributed by atoms with van der Waals surface area (Å²) in [4.78, 5) is 31.3. The average molecular weight is 569 g/mol. The van der Waals surface area contributed by atoms with E-state index in [1.165, 1.54) is 11.3 Å². The monoisotopic (exact) mass is 568 g/mol. The van der Waals surface area contributed by atoms with Crippen LogP contribution in [0.4, 0.5) is 0 Å². The van der Waals surface area contributed by atoms with Gasteiger partial charge in [0.15, 0.2) is 0 Å². The SMILES string of the molecule is Cc1nc(C=C(Cl)[C@@H]2CC3OC3(C)CCC[C@H](C)[C@@H](O)[C@@H](CC3CO3)C(=O)C(C)(C)[C@@H](O)CC(=O)N2)cs1. The van der Waals surface area contributed by atoms with Gasteiger partial charge in [0.25, 0.3) is 0 Å². The third kappa shape index (κ3) is 7.04. The third-order valence-corrected chi connectivity index (χ3v) is 9.67. The molecule has 3 fully saturated rings. The summed E-state index contributed by atoms with van der Waals surface area (Å²) in [7, 11) is 0. The van der Waals surface area contributed by atoms with Gasteiger partial charge in [-0.25, -0.2) is 4.98 Å². The van der Waals surface area contributed by atoms with Gasteiger partial charge >= 0.3 is 0 Å². The predicted molar refractivity (Wildman–Crippen MR) is 147 cm³/mol. The van der Waals surface area contributed by atoms with E-state index >= 15 is 0 Å². The molecule has 212 valence electrons. The fourth-order valence-electron chi connectivity index (χ4n) is 5.51. The standard InChI is InChI=1S/C28H41ClN2O6S/c1-15-7-6-8-28(5)23(37-28)11-21(20(29)9-17-14-38-16(2)30-17)31-24(33)12-22(32)27(3,4)26(35)19(25(15)34)10-18-13-36-18/h9,14-15,18-19,21-23,25,32,34H,6-8,10-13H2,1-5H3,(H,31,33)/t15-,18?,19+,21-,22-,23?,25+,28?/m0/s1. The fourth-order valence-corrected chi connectivity index (χ4v) is 6.33. The Hall–Kier alpha value is -1.36. The van der Waals surface area contributed by atoms with Gasteiger partial charge < -0.3 is 25.0 Å². The highest BCUT2D eigenvalue weighted by molar-refractivity contribution is 7.09. The van der Waals surface area contributed by atoms with Gasteiger partial charge in [-0.2, -0.15) is 0 Å². The van der Waals surface area contributed by atoms with Crippen LogP contribution in [0.15, 0.2) is 10.4 Å². The smallest absolute Gasteiger partial charge is 0.223 e. The second-order valence-corrected chi connectivity index (χ2v) is 13.6. The van der Waals surface area contributed by atoms with E-state index in [1.54, 1.807) is 19.9 Å². The molecular weight excluding hydrogens is 528 g/mol. The van der Waals surface area contributed by atoms with Crippen molar-refractivity contribution in [2.24, 2.45) is 17.3 Å². The number of nitrogens with one attached hydrogen (secondary N) is 1. The number of ketones is 1. The molecule has 3 aliphatic rings. The Labute approximate surface area is 234 Å². The first kappa shape index (κ1) is 29.6. The molecule has 1 amide bonds. The Balaban J connectivity index is 1.58. The molecule has 4 rings (SSSR count). The minimum atomic E-state index is -1.24. The number of carbonyl (C=O) groups is 2. The third-order valence-electron chi connectivity index (χ3n) is 8.51. The zero-order chi connectivity index (χ0) is 27.8. The molecule has 0 aromatic carbocycles. The number of halogens is 1. The molecule has 38 heavy (non-hydrogen) atoms. The van der Waals surface area contributed by atoms with Gasteiger partial charge in [0.1, 0.15) is 5.78 Å². The van der Waals surface area contributed by atoms with Crippen molar-refractivity contribution >= 4 is 40.7 Å². The first-order chi connectivity index (χ1) is 17.8. The van der Waals surface area contributed by atoms with Crippen molar-refractivity contribution in [3.8, 4) is 0 Å². The summed E-state index contributed by atoms with van der Waals surface area (Å²) in [5.74, 6) is -1.44. The van der Waals surface area contributed by atoms with Crippen LogP contribution >= 0.6 is 22.9 Å². The number of Topliss-reactive ketones (excluding diaryl/α,β-unsaturated/α-hetero) is 1. The number of ether oxygens (including phenoxy) is 2. The van der Waals surface area contributed by atoms with Crippen LogP contribution in [0.2, 0.25) is 0 Å². The molecule has 3 aliphatic heterocycles. The Bertz CT molecular complexity index is 1060. The van der Waals surface area contributed by atoms with Gasteiger partial charge in [-0.05, 0) is 45.1 Å². The lowest BCUT2D eigenvalue weighted by Crippen LogP contribution is -2.48. The number of epoxide rings is 2. The summed E-state index contributed by atoms with van der Waals surface area (Å²) in [5, 5.41) is 28.6. The van der Waals surface area contributed by atoms with Gasteiger partial charge in [0, 0.05) is 22.8 Å². The van der Waals surface area contributed by atoms with E-state index in [0.29, 0.717) is 24.5 Å². The normalized spacial score (nSPS) is 38.8. The van der Waals surface area contributed by atoms with E-state index < -0.39 is 35.5 Å². The maximum Gasteiger partial charge on any atom is 0.223 e. The van der Waals surface area contributed by atoms with Crippen LogP contribution in [-0.4, -0.2) is 69.6 Å². The van der Waals surface area contributed by atoms with Crippen LogP contribution in [0.1, 0.15) is 76.9 Å². The Morgan fingerprint density at radius 3 is 2.66 bits per heavy atom. The van der Waals surface area contributed by atoms with Crippen LogP contribution in [-0.2, 0) is 19.1 Å². The molecule has 10 heteroatoms. The number of fused-ring (bicyclic) bond motifs is 1. The molecule has 8 atom stereocenters. The molecule has 4 heterocycles. The highest BCUT2D eigenvalue weighted by Crippen LogP contribution is 2.45. The maximum atomic E-state index is 13.7. The maximum absolute atomic E-state index is 13.7. The van der Waals surface area contributed by atoms with Crippen LogP contribution in [0.25, 0.3) is 6.08 Å². The van der Waals surface area contributed by atoms with Crippen LogP contribution in [0.3, 0.4) is 0 Å². The lowest BCUT2D eigenvalue weighted by Gasteiger charge is -2.36. The highest BCUT2D eigenvalue weighted by Gasteiger charge is 2.53. The molecule has 0 spiro atoms. The molecule has 0 aliphatic carbocycles. The van der Waals surface area contributed by atoms with E-state index in [2.05, 4.69) is 17.2 Å². The molecule has 3 saturated heterocycles. The molecule has 8 nitrogen and oxygen atoms in total. The fraction of sp³-hybridized carbons (Fsp3) is 0.750. The largest absolute Gasteiger partial charge is 0.392 e. The van der Waals surface area contributed by atoms with E-state index in [4.69, 9.17) is 21.1 Å². The van der Waals surface area contributed by atoms with Gasteiger partial charge in [-0.3, -0.25) is 9.59 Å². The van der Waals surface area contributed by atoms with E-state index in [0.717, 1.165) is 30.0 Å². The lowest BCUT2D eigenvalue weighted by molar-refractivity contribution is -0.144. The molecule has 0 radical (unpaired) electrons. The lowest BCUT2D eigenvalue weighted by atomic mass is 9.71. The van der Waals surface area contributed by atoms with Crippen molar-refractivity contribution in [2.45, 2.75) is 109 Å². The molecule has 3 unspecified atom stereocenters. The second kappa shape index (κ2) is 11.6. The number of rotatable bonds is 4. The first-order valence-corrected chi connectivity index (χ1v) is 14.8. The summed E-state index contributed by atoms with van der Waals surface area (Å²) >= 11 is 8.24. The Morgan fingerprint density at radius 2 is 2.03 bits per heavy atom. The average Bonchev–Trinajstić information content (AvgIpc) is 3.74. The molecule has 3 N–H and O–H groups in total. The minimum Gasteiger partial charge on any atom is -0.392 e. The van der Waals surface area contributed by atoms with Gasteiger partial charge in [-0.15, -0.1) is 11.3 Å². The molecule has 0 saturated carbocycles. The number of aryl methyl sites for hydroxylation is 1. The van der Waals surface area contributed by atoms with Crippen molar-refractivity contribution < 1.29 is 29.3 Å². The van der Waals surface area contributed by atoms with Crippen LogP contribution < -0.4 is 5.32 Å². The van der Waals surface area contributed by atoms with Crippen molar-refractivity contribution in [1.29, 1.82) is 0 Å². The van der Waals surface area contributed by atoms with Crippen molar-refractivity contribution in [3.05, 3.63) is 21.1 Å². The van der Waals surface area contributed by atoms with Crippen molar-refractivity contribution in [2.75, 3.05) is 6.61 Å². The number of aromatic nitrogens is 1. The van der Waals surface area contributed by atoms with Crippen molar-refractivity contribution in [3.63, 3.8) is 0 Å². The number of amides is 1. The van der Waals surface area contributed by atoms with Crippen molar-refractivity contribution in [1.82, 2.24) is 10.3 Å². The Morgan fingerprint density at radius 1 is 1.32 bits per heavy atom. The predicted octanol–water partition coefficient (Wildman–Crippen LogP) is 4.00. The second-order valence-electron chi connectivity index (χ2n) is 12.1. The van der Waals surface area contributed by atoms with Crippen LogP contribution in [0.5, 0.6) is 0 Å². The van der Waals surface area contributed by atoms with E-state index in [9.17, 15) is 19.8 Å². The van der Waals surface area contributed by atoms with E-state index in [1.807, 2.05) is 19.2 Å². The molecule has 0 bridgehead atoms. The van der Waals surface area contributed by atoms with Crippen LogP contribution in [0, 0.1) is 24.2 Å². The van der Waals surface area contributed by atoms with Gasteiger partial charge in [-0.1, -0.05) is 38.8 Å². The first-order valence-electron chi connectivity index (χ1n) is 13.6. The minimum absolute atomic E-state index is 0.0524. The Kier molecular flexibility index (Phi) is 9.06. The summed E-state index contributed by atoms with van der Waals surface area (Å²) < 4.78 is 11.5. The number of nitrogens with zero attached hydrogens (tertiary/aromatic N) is 1. The number of aliphatic hydroxyl groups excluding tert-OH is 2. The number of carbonyl (C=O) groups excluding carboxylic acids is 2.